The monoisotopic (exact) mass is 265 g/mol. The standard InChI is InChI=1S/C13H13F2N3O/c1-17-10-4-3-8(13(19)18-5-2-6-18)7-9(10)16-12(17)11(14)15/h3-4,7,11H,2,5-6H2,1H3. The van der Waals surface area contributed by atoms with E-state index in [9.17, 15) is 13.6 Å². The van der Waals surface area contributed by atoms with Crippen LogP contribution >= 0.6 is 0 Å². The summed E-state index contributed by atoms with van der Waals surface area (Å²) in [6.07, 6.45) is -1.60. The molecule has 0 atom stereocenters. The predicted octanol–water partition coefficient (Wildman–Crippen LogP) is 2.36. The number of likely N-dealkylation sites (tertiary alicyclic amines) is 1. The normalized spacial score (nSPS) is 15.1. The summed E-state index contributed by atoms with van der Waals surface area (Å²) < 4.78 is 26.9. The first kappa shape index (κ1) is 12.1. The molecule has 1 aliphatic heterocycles. The third-order valence-corrected chi connectivity index (χ3v) is 3.50. The van der Waals surface area contributed by atoms with Crippen LogP contribution in [0.25, 0.3) is 11.0 Å². The van der Waals surface area contributed by atoms with Crippen LogP contribution in [0.3, 0.4) is 0 Å². The Bertz CT molecular complexity index is 647. The van der Waals surface area contributed by atoms with Gasteiger partial charge in [0.25, 0.3) is 12.3 Å². The van der Waals surface area contributed by atoms with E-state index in [1.54, 1.807) is 30.1 Å². The number of amides is 1. The summed E-state index contributed by atoms with van der Waals surface area (Å²) >= 11 is 0. The Morgan fingerprint density at radius 3 is 2.68 bits per heavy atom. The van der Waals surface area contributed by atoms with Gasteiger partial charge in [-0.05, 0) is 24.6 Å². The van der Waals surface area contributed by atoms with Crippen molar-refractivity contribution in [3.8, 4) is 0 Å². The summed E-state index contributed by atoms with van der Waals surface area (Å²) in [5, 5.41) is 0. The molecule has 0 saturated carbocycles. The molecule has 3 rings (SSSR count). The van der Waals surface area contributed by atoms with E-state index in [1.165, 1.54) is 4.57 Å². The maximum Gasteiger partial charge on any atom is 0.295 e. The molecule has 0 radical (unpaired) electrons. The number of rotatable bonds is 2. The third-order valence-electron chi connectivity index (χ3n) is 3.50. The van der Waals surface area contributed by atoms with Crippen LogP contribution in [0.4, 0.5) is 8.78 Å². The second-order valence-corrected chi connectivity index (χ2v) is 4.68. The van der Waals surface area contributed by atoms with Gasteiger partial charge in [0.15, 0.2) is 5.82 Å². The van der Waals surface area contributed by atoms with Crippen LogP contribution < -0.4 is 0 Å². The van der Waals surface area contributed by atoms with Crippen molar-refractivity contribution in [1.29, 1.82) is 0 Å². The fourth-order valence-electron chi connectivity index (χ4n) is 2.25. The maximum absolute atomic E-state index is 12.8. The quantitative estimate of drug-likeness (QED) is 0.836. The van der Waals surface area contributed by atoms with Gasteiger partial charge in [-0.15, -0.1) is 0 Å². The average molecular weight is 265 g/mol. The minimum atomic E-state index is -2.62. The van der Waals surface area contributed by atoms with Crippen molar-refractivity contribution < 1.29 is 13.6 Å². The Labute approximate surface area is 108 Å². The second-order valence-electron chi connectivity index (χ2n) is 4.68. The van der Waals surface area contributed by atoms with Crippen molar-refractivity contribution in [2.24, 2.45) is 7.05 Å². The van der Waals surface area contributed by atoms with Gasteiger partial charge in [-0.3, -0.25) is 4.79 Å². The van der Waals surface area contributed by atoms with Gasteiger partial charge in [-0.25, -0.2) is 13.8 Å². The van der Waals surface area contributed by atoms with Gasteiger partial charge < -0.3 is 9.47 Å². The van der Waals surface area contributed by atoms with Gasteiger partial charge in [-0.1, -0.05) is 0 Å². The Morgan fingerprint density at radius 2 is 2.11 bits per heavy atom. The van der Waals surface area contributed by atoms with Gasteiger partial charge in [0.1, 0.15) is 0 Å². The number of imidazole rings is 1. The molecule has 2 heterocycles. The van der Waals surface area contributed by atoms with Crippen molar-refractivity contribution in [2.45, 2.75) is 12.8 Å². The molecule has 19 heavy (non-hydrogen) atoms. The smallest absolute Gasteiger partial charge is 0.295 e. The van der Waals surface area contributed by atoms with Crippen LogP contribution in [0.2, 0.25) is 0 Å². The van der Waals surface area contributed by atoms with E-state index in [-0.39, 0.29) is 11.7 Å². The molecule has 1 saturated heterocycles. The van der Waals surface area contributed by atoms with Gasteiger partial charge in [0.2, 0.25) is 0 Å². The number of hydrogen-bond donors (Lipinski definition) is 0. The molecule has 6 heteroatoms. The Hall–Kier alpha value is -1.98. The molecule has 1 aromatic carbocycles. The molecule has 100 valence electrons. The summed E-state index contributed by atoms with van der Waals surface area (Å²) in [5.41, 5.74) is 1.55. The van der Waals surface area contributed by atoms with Crippen LogP contribution in [0.1, 0.15) is 29.0 Å². The van der Waals surface area contributed by atoms with E-state index >= 15 is 0 Å². The van der Waals surface area contributed by atoms with Crippen molar-refractivity contribution >= 4 is 16.9 Å². The number of aromatic nitrogens is 2. The topological polar surface area (TPSA) is 38.1 Å². The first-order valence-corrected chi connectivity index (χ1v) is 6.11. The maximum atomic E-state index is 12.8. The number of nitrogens with zero attached hydrogens (tertiary/aromatic N) is 3. The Balaban J connectivity index is 2.03. The highest BCUT2D eigenvalue weighted by Gasteiger charge is 2.23. The highest BCUT2D eigenvalue weighted by Crippen LogP contribution is 2.24. The number of halogens is 2. The highest BCUT2D eigenvalue weighted by atomic mass is 19.3. The molecule has 2 aromatic rings. The van der Waals surface area contributed by atoms with Crippen LogP contribution in [0.15, 0.2) is 18.2 Å². The highest BCUT2D eigenvalue weighted by molar-refractivity contribution is 5.97. The molecule has 1 aliphatic rings. The van der Waals surface area contributed by atoms with Crippen LogP contribution in [-0.4, -0.2) is 33.4 Å². The molecule has 1 aromatic heterocycles. The average Bonchev–Trinajstić information content (AvgIpc) is 2.64. The van der Waals surface area contributed by atoms with Crippen LogP contribution in [0, 0.1) is 0 Å². The van der Waals surface area contributed by atoms with Crippen LogP contribution in [-0.2, 0) is 7.05 Å². The zero-order valence-corrected chi connectivity index (χ0v) is 10.4. The lowest BCUT2D eigenvalue weighted by atomic mass is 10.1. The molecule has 0 bridgehead atoms. The fourth-order valence-corrected chi connectivity index (χ4v) is 2.25. The third kappa shape index (κ3) is 1.87. The number of fused-ring (bicyclic) bond motifs is 1. The summed E-state index contributed by atoms with van der Waals surface area (Å²) in [6.45, 7) is 1.53. The van der Waals surface area contributed by atoms with Gasteiger partial charge >= 0.3 is 0 Å². The second kappa shape index (κ2) is 4.29. The Morgan fingerprint density at radius 1 is 1.37 bits per heavy atom. The number of aryl methyl sites for hydroxylation is 1. The van der Waals surface area contributed by atoms with E-state index in [0.717, 1.165) is 19.5 Å². The fraction of sp³-hybridized carbons (Fsp3) is 0.385. The molecule has 4 nitrogen and oxygen atoms in total. The van der Waals surface area contributed by atoms with Gasteiger partial charge in [0.05, 0.1) is 11.0 Å². The summed E-state index contributed by atoms with van der Waals surface area (Å²) in [4.78, 5) is 17.7. The van der Waals surface area contributed by atoms with Gasteiger partial charge in [0, 0.05) is 25.7 Å². The number of carbonyl (C=O) groups excluding carboxylic acids is 1. The van der Waals surface area contributed by atoms with Crippen molar-refractivity contribution in [3.05, 3.63) is 29.6 Å². The van der Waals surface area contributed by atoms with Gasteiger partial charge in [-0.2, -0.15) is 0 Å². The molecular weight excluding hydrogens is 252 g/mol. The molecule has 0 unspecified atom stereocenters. The predicted molar refractivity (Wildman–Crippen MR) is 66.2 cm³/mol. The van der Waals surface area contributed by atoms with E-state index in [4.69, 9.17) is 0 Å². The lowest BCUT2D eigenvalue weighted by Crippen LogP contribution is -2.41. The number of carbonyl (C=O) groups is 1. The molecule has 0 N–H and O–H groups in total. The largest absolute Gasteiger partial charge is 0.339 e. The zero-order chi connectivity index (χ0) is 13.6. The molecule has 1 amide bonds. The first-order chi connectivity index (χ1) is 9.08. The van der Waals surface area contributed by atoms with E-state index < -0.39 is 6.43 Å². The summed E-state index contributed by atoms with van der Waals surface area (Å²) in [5.74, 6) is -0.332. The SMILES string of the molecule is Cn1c(C(F)F)nc2cc(C(=O)N3CCC3)ccc21. The lowest BCUT2D eigenvalue weighted by molar-refractivity contribution is 0.0652. The van der Waals surface area contributed by atoms with E-state index in [0.29, 0.717) is 16.6 Å². The van der Waals surface area contributed by atoms with Crippen molar-refractivity contribution in [2.75, 3.05) is 13.1 Å². The molecule has 0 aliphatic carbocycles. The zero-order valence-electron chi connectivity index (χ0n) is 10.4. The van der Waals surface area contributed by atoms with Crippen molar-refractivity contribution in [3.63, 3.8) is 0 Å². The first-order valence-electron chi connectivity index (χ1n) is 6.11. The number of hydrogen-bond acceptors (Lipinski definition) is 2. The molecule has 1 fully saturated rings. The van der Waals surface area contributed by atoms with Crippen LogP contribution in [0.5, 0.6) is 0 Å². The minimum Gasteiger partial charge on any atom is -0.339 e. The van der Waals surface area contributed by atoms with E-state index in [2.05, 4.69) is 4.98 Å². The Kier molecular flexibility index (Phi) is 2.73. The minimum absolute atomic E-state index is 0.0580. The van der Waals surface area contributed by atoms with Crippen molar-refractivity contribution in [1.82, 2.24) is 14.5 Å². The molecule has 0 spiro atoms. The number of benzene rings is 1. The molecular formula is C13H13F2N3O. The summed E-state index contributed by atoms with van der Waals surface area (Å²) in [6, 6.07) is 4.92. The summed E-state index contributed by atoms with van der Waals surface area (Å²) in [7, 11) is 1.55. The van der Waals surface area contributed by atoms with E-state index in [1.807, 2.05) is 0 Å². The lowest BCUT2D eigenvalue weighted by Gasteiger charge is -2.30. The number of alkyl halides is 2.